The molecule has 29 heavy (non-hydrogen) atoms. The minimum absolute atomic E-state index is 0. The van der Waals surface area contributed by atoms with E-state index in [1.54, 1.807) is 18.8 Å². The highest BCUT2D eigenvalue weighted by molar-refractivity contribution is 14.0. The third-order valence-electron chi connectivity index (χ3n) is 4.23. The van der Waals surface area contributed by atoms with Crippen LogP contribution in [0.4, 0.5) is 0 Å². The molecule has 0 amide bonds. The Kier molecular flexibility index (Phi) is 11.0. The highest BCUT2D eigenvalue weighted by atomic mass is 127. The molecule has 0 aliphatic carbocycles. The lowest BCUT2D eigenvalue weighted by Crippen LogP contribution is -2.36. The van der Waals surface area contributed by atoms with Gasteiger partial charge in [0, 0.05) is 25.0 Å². The first-order valence-electron chi connectivity index (χ1n) is 8.94. The largest absolute Gasteiger partial charge is 0.352 e. The quantitative estimate of drug-likeness (QED) is 0.204. The van der Waals surface area contributed by atoms with Crippen LogP contribution in [0.25, 0.3) is 0 Å². The SMILES string of the molecule is CN=C(NCc1cccc(CS(=O)(=O)NC)c1)NCc1ccc(C)cc1SC.I. The Morgan fingerprint density at radius 1 is 1.07 bits per heavy atom. The molecule has 2 aromatic carbocycles. The number of hydrogen-bond donors (Lipinski definition) is 3. The molecule has 0 radical (unpaired) electrons. The number of nitrogens with one attached hydrogen (secondary N) is 3. The molecule has 2 aromatic rings. The average Bonchev–Trinajstić information content (AvgIpc) is 2.68. The van der Waals surface area contributed by atoms with Crippen LogP contribution >= 0.6 is 35.7 Å². The van der Waals surface area contributed by atoms with E-state index >= 15 is 0 Å². The molecule has 0 aromatic heterocycles. The Balaban J connectivity index is 0.00000420. The van der Waals surface area contributed by atoms with Gasteiger partial charge in [-0.1, -0.05) is 36.4 Å². The van der Waals surface area contributed by atoms with Crippen LogP contribution in [0, 0.1) is 6.92 Å². The van der Waals surface area contributed by atoms with E-state index in [9.17, 15) is 8.42 Å². The van der Waals surface area contributed by atoms with Crippen LogP contribution in [-0.2, 0) is 28.9 Å². The zero-order valence-electron chi connectivity index (χ0n) is 17.2. The number of guanidine groups is 1. The van der Waals surface area contributed by atoms with Crippen molar-refractivity contribution < 1.29 is 8.42 Å². The van der Waals surface area contributed by atoms with E-state index in [2.05, 4.69) is 51.7 Å². The van der Waals surface area contributed by atoms with Crippen molar-refractivity contribution in [1.29, 1.82) is 0 Å². The summed E-state index contributed by atoms with van der Waals surface area (Å²) in [6.45, 7) is 3.32. The van der Waals surface area contributed by atoms with Crippen molar-refractivity contribution in [2.24, 2.45) is 4.99 Å². The van der Waals surface area contributed by atoms with Crippen LogP contribution in [0.2, 0.25) is 0 Å². The number of hydrogen-bond acceptors (Lipinski definition) is 4. The molecule has 9 heteroatoms. The lowest BCUT2D eigenvalue weighted by atomic mass is 10.1. The second-order valence-electron chi connectivity index (χ2n) is 6.38. The van der Waals surface area contributed by atoms with Gasteiger partial charge < -0.3 is 10.6 Å². The van der Waals surface area contributed by atoms with E-state index in [0.717, 1.165) is 11.1 Å². The van der Waals surface area contributed by atoms with Crippen LogP contribution in [-0.4, -0.2) is 34.7 Å². The molecule has 0 spiro atoms. The maximum atomic E-state index is 11.7. The summed E-state index contributed by atoms with van der Waals surface area (Å²) in [5.74, 6) is 0.663. The van der Waals surface area contributed by atoms with Crippen LogP contribution in [0.1, 0.15) is 22.3 Å². The predicted octanol–water partition coefficient (Wildman–Crippen LogP) is 3.25. The summed E-state index contributed by atoms with van der Waals surface area (Å²) in [5, 5.41) is 6.61. The summed E-state index contributed by atoms with van der Waals surface area (Å²) >= 11 is 1.73. The van der Waals surface area contributed by atoms with Gasteiger partial charge >= 0.3 is 0 Å². The highest BCUT2D eigenvalue weighted by Gasteiger charge is 2.09. The third-order valence-corrected chi connectivity index (χ3v) is 6.39. The first-order chi connectivity index (χ1) is 13.4. The molecule has 0 saturated carbocycles. The van der Waals surface area contributed by atoms with E-state index in [-0.39, 0.29) is 29.7 Å². The molecule has 2 rings (SSSR count). The Hall–Kier alpha value is -1.30. The maximum absolute atomic E-state index is 11.7. The van der Waals surface area contributed by atoms with Gasteiger partial charge in [-0.05, 0) is 48.5 Å². The van der Waals surface area contributed by atoms with Gasteiger partial charge in [-0.15, -0.1) is 35.7 Å². The Morgan fingerprint density at radius 3 is 2.41 bits per heavy atom. The number of aryl methyl sites for hydroxylation is 1. The summed E-state index contributed by atoms with van der Waals surface area (Å²) in [6, 6.07) is 14.0. The number of halogens is 1. The van der Waals surface area contributed by atoms with Crippen molar-refractivity contribution in [3.8, 4) is 0 Å². The van der Waals surface area contributed by atoms with Gasteiger partial charge in [0.25, 0.3) is 0 Å². The number of nitrogens with zero attached hydrogens (tertiary/aromatic N) is 1. The van der Waals surface area contributed by atoms with Gasteiger partial charge in [0.15, 0.2) is 5.96 Å². The fraction of sp³-hybridized carbons (Fsp3) is 0.350. The Labute approximate surface area is 195 Å². The molecule has 0 bridgehead atoms. The maximum Gasteiger partial charge on any atom is 0.215 e. The minimum Gasteiger partial charge on any atom is -0.352 e. The van der Waals surface area contributed by atoms with Crippen molar-refractivity contribution in [2.45, 2.75) is 30.7 Å². The Morgan fingerprint density at radius 2 is 1.76 bits per heavy atom. The normalized spacial score (nSPS) is 11.7. The molecule has 0 aliphatic rings. The summed E-state index contributed by atoms with van der Waals surface area (Å²) in [4.78, 5) is 5.52. The average molecular weight is 549 g/mol. The number of aliphatic imine (C=N–C) groups is 1. The van der Waals surface area contributed by atoms with Gasteiger partial charge in [0.1, 0.15) is 0 Å². The predicted molar refractivity (Wildman–Crippen MR) is 134 cm³/mol. The molecule has 0 aliphatic heterocycles. The molecule has 0 saturated heterocycles. The fourth-order valence-electron chi connectivity index (χ4n) is 2.70. The number of thioether (sulfide) groups is 1. The topological polar surface area (TPSA) is 82.6 Å². The molecule has 0 atom stereocenters. The third kappa shape index (κ3) is 8.53. The van der Waals surface area contributed by atoms with E-state index in [0.29, 0.717) is 19.0 Å². The van der Waals surface area contributed by atoms with Crippen molar-refractivity contribution in [1.82, 2.24) is 15.4 Å². The zero-order chi connectivity index (χ0) is 20.6. The number of sulfonamides is 1. The molecule has 0 fully saturated rings. The lowest BCUT2D eigenvalue weighted by Gasteiger charge is -2.14. The summed E-state index contributed by atoms with van der Waals surface area (Å²) in [7, 11) is -0.127. The van der Waals surface area contributed by atoms with Crippen molar-refractivity contribution in [3.63, 3.8) is 0 Å². The number of rotatable bonds is 8. The van der Waals surface area contributed by atoms with Gasteiger partial charge in [-0.2, -0.15) is 0 Å². The smallest absolute Gasteiger partial charge is 0.215 e. The molecule has 0 heterocycles. The molecule has 6 nitrogen and oxygen atoms in total. The monoisotopic (exact) mass is 548 g/mol. The van der Waals surface area contributed by atoms with Gasteiger partial charge in [-0.3, -0.25) is 4.99 Å². The van der Waals surface area contributed by atoms with E-state index < -0.39 is 10.0 Å². The van der Waals surface area contributed by atoms with E-state index in [4.69, 9.17) is 0 Å². The molecule has 160 valence electrons. The zero-order valence-corrected chi connectivity index (χ0v) is 21.1. The minimum atomic E-state index is -3.28. The first kappa shape index (κ1) is 25.7. The summed E-state index contributed by atoms with van der Waals surface area (Å²) < 4.78 is 25.8. The molecular formula is C20H29IN4O2S2. The van der Waals surface area contributed by atoms with Crippen molar-refractivity contribution >= 4 is 51.7 Å². The number of benzene rings is 2. The van der Waals surface area contributed by atoms with Crippen LogP contribution in [0.3, 0.4) is 0 Å². The highest BCUT2D eigenvalue weighted by Crippen LogP contribution is 2.21. The molecule has 3 N–H and O–H groups in total. The molecular weight excluding hydrogens is 519 g/mol. The summed E-state index contributed by atoms with van der Waals surface area (Å²) in [5.41, 5.74) is 4.21. The van der Waals surface area contributed by atoms with Gasteiger partial charge in [0.2, 0.25) is 10.0 Å². The summed E-state index contributed by atoms with van der Waals surface area (Å²) in [6.07, 6.45) is 2.08. The van der Waals surface area contributed by atoms with Gasteiger partial charge in [-0.25, -0.2) is 13.1 Å². The van der Waals surface area contributed by atoms with Crippen LogP contribution in [0.15, 0.2) is 52.4 Å². The second kappa shape index (κ2) is 12.4. The van der Waals surface area contributed by atoms with Gasteiger partial charge in [0.05, 0.1) is 5.75 Å². The molecule has 0 unspecified atom stereocenters. The van der Waals surface area contributed by atoms with Crippen molar-refractivity contribution in [2.75, 3.05) is 20.4 Å². The van der Waals surface area contributed by atoms with E-state index in [1.807, 2.05) is 24.3 Å². The Bertz CT molecular complexity index is 934. The van der Waals surface area contributed by atoms with Crippen LogP contribution < -0.4 is 15.4 Å². The van der Waals surface area contributed by atoms with Crippen LogP contribution in [0.5, 0.6) is 0 Å². The van der Waals surface area contributed by atoms with Crippen molar-refractivity contribution in [3.05, 3.63) is 64.7 Å². The fourth-order valence-corrected chi connectivity index (χ4v) is 4.17. The lowest BCUT2D eigenvalue weighted by molar-refractivity contribution is 0.587. The second-order valence-corrected chi connectivity index (χ2v) is 9.15. The van der Waals surface area contributed by atoms with E-state index in [1.165, 1.54) is 23.1 Å². The standard InChI is InChI=1S/C20H28N4O2S2.HI/c1-15-8-9-18(19(10-15)27-4)13-24-20(21-2)23-12-16-6-5-7-17(11-16)14-28(25,26)22-3;/h5-11,22H,12-14H2,1-4H3,(H2,21,23,24);1H. The first-order valence-corrected chi connectivity index (χ1v) is 11.8.